The van der Waals surface area contributed by atoms with Crippen molar-refractivity contribution >= 4 is 12.0 Å². The summed E-state index contributed by atoms with van der Waals surface area (Å²) in [6.45, 7) is 7.69. The number of urea groups is 1. The highest BCUT2D eigenvalue weighted by Crippen LogP contribution is 2.42. The first-order valence-corrected chi connectivity index (χ1v) is 8.03. The highest BCUT2D eigenvalue weighted by atomic mass is 16.4. The number of carbonyl (C=O) groups excluding carboxylic acids is 1. The summed E-state index contributed by atoms with van der Waals surface area (Å²) in [7, 11) is 0. The summed E-state index contributed by atoms with van der Waals surface area (Å²) in [5.41, 5.74) is 0. The molecule has 3 fully saturated rings. The van der Waals surface area contributed by atoms with Gasteiger partial charge in [0.2, 0.25) is 0 Å². The van der Waals surface area contributed by atoms with Crippen LogP contribution in [-0.4, -0.2) is 76.1 Å². The molecular weight excluding hydrogens is 270 g/mol. The maximum absolute atomic E-state index is 12.7. The molecule has 6 heteroatoms. The van der Waals surface area contributed by atoms with Crippen LogP contribution < -0.4 is 0 Å². The Morgan fingerprint density at radius 3 is 2.29 bits per heavy atom. The van der Waals surface area contributed by atoms with Crippen LogP contribution in [0.5, 0.6) is 0 Å². The molecule has 2 amide bonds. The number of fused-ring (bicyclic) bond motifs is 2. The van der Waals surface area contributed by atoms with Crippen LogP contribution >= 0.6 is 0 Å². The maximum Gasteiger partial charge on any atom is 0.320 e. The minimum absolute atomic E-state index is 0.0645. The van der Waals surface area contributed by atoms with Gasteiger partial charge in [0.05, 0.1) is 5.92 Å². The van der Waals surface area contributed by atoms with Crippen LogP contribution in [0, 0.1) is 5.92 Å². The normalized spacial score (nSPS) is 33.0. The van der Waals surface area contributed by atoms with Gasteiger partial charge in [-0.2, -0.15) is 0 Å². The molecule has 118 valence electrons. The summed E-state index contributed by atoms with van der Waals surface area (Å²) in [5, 5.41) is 9.28. The first kappa shape index (κ1) is 14.6. The summed E-state index contributed by atoms with van der Waals surface area (Å²) in [5.74, 6) is -1.10. The van der Waals surface area contributed by atoms with Crippen LogP contribution in [-0.2, 0) is 4.79 Å². The van der Waals surface area contributed by atoms with Crippen molar-refractivity contribution in [1.29, 1.82) is 0 Å². The van der Waals surface area contributed by atoms with Crippen LogP contribution in [0.15, 0.2) is 0 Å². The Morgan fingerprint density at radius 1 is 1.10 bits per heavy atom. The third kappa shape index (κ3) is 2.50. The Kier molecular flexibility index (Phi) is 3.82. The number of nitrogens with zero attached hydrogens (tertiary/aromatic N) is 3. The highest BCUT2D eigenvalue weighted by molar-refractivity contribution is 5.79. The van der Waals surface area contributed by atoms with Gasteiger partial charge in [-0.15, -0.1) is 0 Å². The Balaban J connectivity index is 1.63. The zero-order valence-corrected chi connectivity index (χ0v) is 12.9. The monoisotopic (exact) mass is 295 g/mol. The minimum Gasteiger partial charge on any atom is -0.481 e. The zero-order valence-electron chi connectivity index (χ0n) is 12.9. The van der Waals surface area contributed by atoms with Crippen molar-refractivity contribution in [2.24, 2.45) is 5.92 Å². The number of piperazine rings is 1. The van der Waals surface area contributed by atoms with Crippen molar-refractivity contribution in [2.75, 3.05) is 26.2 Å². The zero-order chi connectivity index (χ0) is 15.1. The summed E-state index contributed by atoms with van der Waals surface area (Å²) >= 11 is 0. The minimum atomic E-state index is -0.746. The van der Waals surface area contributed by atoms with E-state index < -0.39 is 5.97 Å². The van der Waals surface area contributed by atoms with Gasteiger partial charge in [-0.3, -0.25) is 9.69 Å². The molecule has 3 saturated heterocycles. The molecule has 0 aromatic rings. The van der Waals surface area contributed by atoms with Crippen LogP contribution in [0.2, 0.25) is 0 Å². The molecule has 3 aliphatic heterocycles. The van der Waals surface area contributed by atoms with Crippen molar-refractivity contribution in [3.63, 3.8) is 0 Å². The number of rotatable bonds is 2. The van der Waals surface area contributed by atoms with Gasteiger partial charge in [0.15, 0.2) is 0 Å². The number of hydrogen-bond acceptors (Lipinski definition) is 3. The number of amides is 2. The molecule has 0 aromatic heterocycles. The first-order chi connectivity index (χ1) is 9.99. The lowest BCUT2D eigenvalue weighted by molar-refractivity contribution is -0.142. The fourth-order valence-electron chi connectivity index (χ4n) is 4.15. The van der Waals surface area contributed by atoms with E-state index in [0.29, 0.717) is 12.5 Å². The van der Waals surface area contributed by atoms with Gasteiger partial charge >= 0.3 is 12.0 Å². The third-order valence-corrected chi connectivity index (χ3v) is 5.39. The highest BCUT2D eigenvalue weighted by Gasteiger charge is 2.52. The van der Waals surface area contributed by atoms with Gasteiger partial charge in [-0.1, -0.05) is 0 Å². The van der Waals surface area contributed by atoms with E-state index in [4.69, 9.17) is 0 Å². The molecule has 0 aliphatic carbocycles. The van der Waals surface area contributed by atoms with Gasteiger partial charge in [0.1, 0.15) is 0 Å². The number of carboxylic acids is 1. The summed E-state index contributed by atoms with van der Waals surface area (Å²) in [6.07, 6.45) is 2.45. The molecule has 2 bridgehead atoms. The SMILES string of the molecule is CC(C)N1CCN(C(=O)N2C3CCC2C(C(=O)O)C3)CC1. The molecule has 0 aromatic carbocycles. The van der Waals surface area contributed by atoms with E-state index in [1.807, 2.05) is 9.80 Å². The molecule has 3 aliphatic rings. The smallest absolute Gasteiger partial charge is 0.320 e. The average molecular weight is 295 g/mol. The molecule has 0 saturated carbocycles. The number of hydrogen-bond donors (Lipinski definition) is 1. The summed E-state index contributed by atoms with van der Waals surface area (Å²) in [6, 6.07) is 0.645. The van der Waals surface area contributed by atoms with Crippen molar-refractivity contribution in [2.45, 2.75) is 51.2 Å². The fourth-order valence-corrected chi connectivity index (χ4v) is 4.15. The predicted octanol–water partition coefficient (Wildman–Crippen LogP) is 1.07. The van der Waals surface area contributed by atoms with Crippen molar-refractivity contribution in [3.8, 4) is 0 Å². The van der Waals surface area contributed by atoms with Gasteiger partial charge in [-0.25, -0.2) is 4.79 Å². The van der Waals surface area contributed by atoms with E-state index in [-0.39, 0.29) is 24.0 Å². The van der Waals surface area contributed by atoms with Gasteiger partial charge in [0, 0.05) is 44.3 Å². The molecule has 3 unspecified atom stereocenters. The van der Waals surface area contributed by atoms with Gasteiger partial charge in [-0.05, 0) is 33.1 Å². The molecule has 0 radical (unpaired) electrons. The van der Waals surface area contributed by atoms with Crippen molar-refractivity contribution in [1.82, 2.24) is 14.7 Å². The summed E-state index contributed by atoms with van der Waals surface area (Å²) < 4.78 is 0. The maximum atomic E-state index is 12.7. The van der Waals surface area contributed by atoms with E-state index in [1.54, 1.807) is 0 Å². The second-order valence-electron chi connectivity index (χ2n) is 6.79. The van der Waals surface area contributed by atoms with E-state index in [9.17, 15) is 14.7 Å². The van der Waals surface area contributed by atoms with E-state index in [1.165, 1.54) is 0 Å². The third-order valence-electron chi connectivity index (χ3n) is 5.39. The van der Waals surface area contributed by atoms with Gasteiger partial charge in [0.25, 0.3) is 0 Å². The van der Waals surface area contributed by atoms with E-state index in [0.717, 1.165) is 39.0 Å². The Hall–Kier alpha value is -1.30. The predicted molar refractivity (Wildman–Crippen MR) is 78.1 cm³/mol. The molecule has 3 heterocycles. The van der Waals surface area contributed by atoms with Crippen LogP contribution in [0.25, 0.3) is 0 Å². The molecule has 1 N–H and O–H groups in total. The number of carbonyl (C=O) groups is 2. The number of aliphatic carboxylic acids is 1. The molecule has 0 spiro atoms. The molecular formula is C15H25N3O3. The lowest BCUT2D eigenvalue weighted by atomic mass is 9.89. The standard InChI is InChI=1S/C15H25N3O3/c1-10(2)16-5-7-17(8-6-16)15(21)18-11-3-4-13(18)12(9-11)14(19)20/h10-13H,3-9H2,1-2H3,(H,19,20). The lowest BCUT2D eigenvalue weighted by Crippen LogP contribution is -2.55. The largest absolute Gasteiger partial charge is 0.481 e. The van der Waals surface area contributed by atoms with Crippen molar-refractivity contribution < 1.29 is 14.7 Å². The second-order valence-corrected chi connectivity index (χ2v) is 6.79. The van der Waals surface area contributed by atoms with Gasteiger partial charge < -0.3 is 14.9 Å². The fraction of sp³-hybridized carbons (Fsp3) is 0.867. The Labute approximate surface area is 125 Å². The second kappa shape index (κ2) is 5.48. The molecule has 3 rings (SSSR count). The van der Waals surface area contributed by atoms with Crippen LogP contribution in [0.1, 0.15) is 33.1 Å². The van der Waals surface area contributed by atoms with Crippen LogP contribution in [0.3, 0.4) is 0 Å². The lowest BCUT2D eigenvalue weighted by Gasteiger charge is -2.39. The van der Waals surface area contributed by atoms with E-state index >= 15 is 0 Å². The Bertz CT molecular complexity index is 432. The Morgan fingerprint density at radius 2 is 1.76 bits per heavy atom. The summed E-state index contributed by atoms with van der Waals surface area (Å²) in [4.78, 5) is 30.2. The van der Waals surface area contributed by atoms with Crippen molar-refractivity contribution in [3.05, 3.63) is 0 Å². The molecule has 3 atom stereocenters. The van der Waals surface area contributed by atoms with Crippen LogP contribution in [0.4, 0.5) is 4.79 Å². The van der Waals surface area contributed by atoms with E-state index in [2.05, 4.69) is 18.7 Å². The quantitative estimate of drug-likeness (QED) is 0.827. The topological polar surface area (TPSA) is 64.1 Å². The molecule has 6 nitrogen and oxygen atoms in total. The number of carboxylic acid groups (broad SMARTS) is 1. The molecule has 21 heavy (non-hydrogen) atoms. The average Bonchev–Trinajstić information content (AvgIpc) is 3.04. The first-order valence-electron chi connectivity index (χ1n) is 8.03.